The van der Waals surface area contributed by atoms with Crippen LogP contribution in [0.15, 0.2) is 36.8 Å². The molecule has 3 heterocycles. The highest BCUT2D eigenvalue weighted by molar-refractivity contribution is 5.80. The molecule has 2 aromatic heterocycles. The average molecular weight is 300 g/mol. The van der Waals surface area contributed by atoms with Crippen molar-refractivity contribution in [3.05, 3.63) is 48.0 Å². The first kappa shape index (κ1) is 14.7. The van der Waals surface area contributed by atoms with Gasteiger partial charge >= 0.3 is 0 Å². The predicted molar refractivity (Wildman–Crippen MR) is 81.5 cm³/mol. The lowest BCUT2D eigenvalue weighted by atomic mass is 10.1. The van der Waals surface area contributed by atoms with Crippen molar-refractivity contribution in [2.24, 2.45) is 0 Å². The van der Waals surface area contributed by atoms with E-state index in [1.165, 1.54) is 0 Å². The molecule has 22 heavy (non-hydrogen) atoms. The number of hydrazine groups is 1. The van der Waals surface area contributed by atoms with Gasteiger partial charge in [0.2, 0.25) is 5.91 Å². The number of carbonyl (C=O) groups excluding carboxylic acids is 1. The van der Waals surface area contributed by atoms with Crippen LogP contribution in [0.3, 0.4) is 0 Å². The Kier molecular flexibility index (Phi) is 4.17. The van der Waals surface area contributed by atoms with Crippen molar-refractivity contribution in [1.82, 2.24) is 30.9 Å². The van der Waals surface area contributed by atoms with Crippen LogP contribution in [0.2, 0.25) is 0 Å². The summed E-state index contributed by atoms with van der Waals surface area (Å²) in [5, 5.41) is 7.19. The average Bonchev–Trinajstić information content (AvgIpc) is 3.16. The molecule has 1 aliphatic heterocycles. The van der Waals surface area contributed by atoms with Gasteiger partial charge < -0.3 is 5.32 Å². The number of rotatable bonds is 4. The Hall–Kier alpha value is -2.25. The summed E-state index contributed by atoms with van der Waals surface area (Å²) in [7, 11) is 0. The Morgan fingerprint density at radius 2 is 2.09 bits per heavy atom. The van der Waals surface area contributed by atoms with Crippen LogP contribution in [0.4, 0.5) is 0 Å². The smallest absolute Gasteiger partial charge is 0.245 e. The highest BCUT2D eigenvalue weighted by atomic mass is 16.2. The lowest BCUT2D eigenvalue weighted by Crippen LogP contribution is -2.46. The topological polar surface area (TPSA) is 83.9 Å². The number of pyridine rings is 1. The fourth-order valence-electron chi connectivity index (χ4n) is 2.65. The summed E-state index contributed by atoms with van der Waals surface area (Å²) in [6, 6.07) is 5.66. The fraction of sp³-hybridized carbons (Fsp3) is 0.400. The van der Waals surface area contributed by atoms with Crippen molar-refractivity contribution < 1.29 is 4.79 Å². The largest absolute Gasteiger partial charge is 0.338 e. The van der Waals surface area contributed by atoms with Crippen molar-refractivity contribution in [2.75, 3.05) is 0 Å². The minimum Gasteiger partial charge on any atom is -0.338 e. The summed E-state index contributed by atoms with van der Waals surface area (Å²) in [6.07, 6.45) is 5.91. The molecule has 0 spiro atoms. The number of nitrogens with zero attached hydrogens (tertiary/aromatic N) is 3. The van der Waals surface area contributed by atoms with Gasteiger partial charge in [0.05, 0.1) is 6.17 Å². The van der Waals surface area contributed by atoms with Crippen molar-refractivity contribution in [2.45, 2.75) is 38.5 Å². The van der Waals surface area contributed by atoms with Crippen molar-refractivity contribution in [1.29, 1.82) is 0 Å². The third kappa shape index (κ3) is 3.00. The normalized spacial score (nSPS) is 22.5. The maximum absolute atomic E-state index is 12.3. The summed E-state index contributed by atoms with van der Waals surface area (Å²) < 4.78 is 1.72. The SMILES string of the molecule is Cc1ccnn1C(C)C(=O)NC1CC(c2ccncc2)NN1. The second-order valence-electron chi connectivity index (χ2n) is 5.51. The molecule has 3 unspecified atom stereocenters. The van der Waals surface area contributed by atoms with Gasteiger partial charge in [-0.3, -0.25) is 14.5 Å². The summed E-state index contributed by atoms with van der Waals surface area (Å²) >= 11 is 0. The highest BCUT2D eigenvalue weighted by Crippen LogP contribution is 2.20. The van der Waals surface area contributed by atoms with Gasteiger partial charge in [0.1, 0.15) is 6.04 Å². The third-order valence-electron chi connectivity index (χ3n) is 3.94. The van der Waals surface area contributed by atoms with Gasteiger partial charge in [-0.25, -0.2) is 10.9 Å². The molecule has 1 saturated heterocycles. The fourth-order valence-corrected chi connectivity index (χ4v) is 2.65. The van der Waals surface area contributed by atoms with Gasteiger partial charge in [-0.2, -0.15) is 5.10 Å². The first-order valence-electron chi connectivity index (χ1n) is 7.36. The molecule has 0 bridgehead atoms. The van der Waals surface area contributed by atoms with Crippen LogP contribution in [0.25, 0.3) is 0 Å². The van der Waals surface area contributed by atoms with Gasteiger partial charge in [-0.1, -0.05) is 0 Å². The van der Waals surface area contributed by atoms with E-state index in [4.69, 9.17) is 0 Å². The van der Waals surface area contributed by atoms with E-state index in [-0.39, 0.29) is 24.2 Å². The summed E-state index contributed by atoms with van der Waals surface area (Å²) in [6.45, 7) is 3.78. The Balaban J connectivity index is 1.58. The monoisotopic (exact) mass is 300 g/mol. The molecule has 0 aliphatic carbocycles. The van der Waals surface area contributed by atoms with E-state index in [0.717, 1.165) is 17.7 Å². The van der Waals surface area contributed by atoms with Gasteiger partial charge in [-0.15, -0.1) is 0 Å². The zero-order valence-corrected chi connectivity index (χ0v) is 12.7. The van der Waals surface area contributed by atoms with Crippen LogP contribution in [0.5, 0.6) is 0 Å². The molecule has 3 atom stereocenters. The summed E-state index contributed by atoms with van der Waals surface area (Å²) in [5.74, 6) is -0.0542. The lowest BCUT2D eigenvalue weighted by Gasteiger charge is -2.18. The first-order valence-corrected chi connectivity index (χ1v) is 7.36. The minimum atomic E-state index is -0.336. The van der Waals surface area contributed by atoms with Crippen molar-refractivity contribution in [3.8, 4) is 0 Å². The zero-order valence-electron chi connectivity index (χ0n) is 12.7. The molecule has 0 saturated carbocycles. The number of aryl methyl sites for hydroxylation is 1. The number of hydrogen-bond acceptors (Lipinski definition) is 5. The number of carbonyl (C=O) groups is 1. The Morgan fingerprint density at radius 3 is 2.77 bits per heavy atom. The van der Waals surface area contributed by atoms with Crippen LogP contribution >= 0.6 is 0 Å². The number of aromatic nitrogens is 3. The van der Waals surface area contributed by atoms with Crippen molar-refractivity contribution in [3.63, 3.8) is 0 Å². The van der Waals surface area contributed by atoms with E-state index in [0.29, 0.717) is 0 Å². The van der Waals surface area contributed by atoms with Gasteiger partial charge in [0.25, 0.3) is 0 Å². The van der Waals surface area contributed by atoms with E-state index >= 15 is 0 Å². The number of hydrogen-bond donors (Lipinski definition) is 3. The molecule has 1 amide bonds. The zero-order chi connectivity index (χ0) is 15.5. The Labute approximate surface area is 129 Å². The standard InChI is InChI=1S/C15H20N6O/c1-10-3-8-17-21(10)11(2)15(22)18-14-9-13(19-20-14)12-4-6-16-7-5-12/h3-8,11,13-14,19-20H,9H2,1-2H3,(H,18,22). The van der Waals surface area contributed by atoms with E-state index in [1.54, 1.807) is 23.3 Å². The van der Waals surface area contributed by atoms with E-state index in [2.05, 4.69) is 26.3 Å². The molecule has 0 radical (unpaired) electrons. The van der Waals surface area contributed by atoms with Crippen LogP contribution in [0.1, 0.15) is 36.7 Å². The molecular formula is C15H20N6O. The molecule has 3 rings (SSSR count). The summed E-state index contributed by atoms with van der Waals surface area (Å²) in [4.78, 5) is 16.4. The van der Waals surface area contributed by atoms with E-state index in [1.807, 2.05) is 32.0 Å². The molecule has 2 aromatic rings. The maximum atomic E-state index is 12.3. The minimum absolute atomic E-state index is 0.0542. The number of amides is 1. The second kappa shape index (κ2) is 6.25. The lowest BCUT2D eigenvalue weighted by molar-refractivity contribution is -0.125. The highest BCUT2D eigenvalue weighted by Gasteiger charge is 2.28. The molecule has 1 fully saturated rings. The second-order valence-corrected chi connectivity index (χ2v) is 5.51. The molecule has 1 aliphatic rings. The van der Waals surface area contributed by atoms with Crippen molar-refractivity contribution >= 4 is 5.91 Å². The molecule has 7 heteroatoms. The molecule has 116 valence electrons. The van der Waals surface area contributed by atoms with E-state index in [9.17, 15) is 4.79 Å². The van der Waals surface area contributed by atoms with Crippen LogP contribution in [-0.4, -0.2) is 26.8 Å². The summed E-state index contributed by atoms with van der Waals surface area (Å²) in [5.41, 5.74) is 8.43. The van der Waals surface area contributed by atoms with Gasteiger partial charge in [-0.05, 0) is 37.6 Å². The predicted octanol–water partition coefficient (Wildman–Crippen LogP) is 0.829. The maximum Gasteiger partial charge on any atom is 0.245 e. The first-order chi connectivity index (χ1) is 10.6. The quantitative estimate of drug-likeness (QED) is 0.779. The van der Waals surface area contributed by atoms with Gasteiger partial charge in [0.15, 0.2) is 0 Å². The van der Waals surface area contributed by atoms with Crippen LogP contribution in [0, 0.1) is 6.92 Å². The van der Waals surface area contributed by atoms with E-state index < -0.39 is 0 Å². The van der Waals surface area contributed by atoms with Crippen LogP contribution < -0.4 is 16.2 Å². The Morgan fingerprint density at radius 1 is 1.32 bits per heavy atom. The van der Waals surface area contributed by atoms with Crippen LogP contribution in [-0.2, 0) is 4.79 Å². The molecule has 0 aromatic carbocycles. The molecule has 7 nitrogen and oxygen atoms in total. The Bertz CT molecular complexity index is 640. The third-order valence-corrected chi connectivity index (χ3v) is 3.94. The molecule has 3 N–H and O–H groups in total. The number of nitrogens with one attached hydrogen (secondary N) is 3. The van der Waals surface area contributed by atoms with Gasteiger partial charge in [0, 0.05) is 36.7 Å². The molecular weight excluding hydrogens is 280 g/mol.